The van der Waals surface area contributed by atoms with Gasteiger partial charge in [0.2, 0.25) is 5.88 Å². The maximum Gasteiger partial charge on any atom is 0.307 e. The van der Waals surface area contributed by atoms with E-state index >= 15 is 0 Å². The number of ether oxygens (including phenoxy) is 1. The smallest absolute Gasteiger partial charge is 0.307 e. The molecule has 2 N–H and O–H groups in total. The Morgan fingerprint density at radius 1 is 1.15 bits per heavy atom. The van der Waals surface area contributed by atoms with Gasteiger partial charge in [-0.15, -0.1) is 0 Å². The van der Waals surface area contributed by atoms with Gasteiger partial charge in [-0.1, -0.05) is 36.5 Å². The van der Waals surface area contributed by atoms with Crippen LogP contribution in [0, 0.1) is 0 Å². The van der Waals surface area contributed by atoms with Crippen LogP contribution in [0.15, 0.2) is 47.4 Å². The number of pyridine rings is 1. The number of hydrogen-bond acceptors (Lipinski definition) is 5. The molecular formula is C20H22N2O3S. The summed E-state index contributed by atoms with van der Waals surface area (Å²) in [6, 6.07) is 11.9. The lowest BCUT2D eigenvalue weighted by atomic mass is 10.1. The molecular weight excluding hydrogens is 348 g/mol. The van der Waals surface area contributed by atoms with Gasteiger partial charge in [-0.2, -0.15) is 0 Å². The summed E-state index contributed by atoms with van der Waals surface area (Å²) < 4.78 is 5.77. The number of aromatic hydroxyl groups is 1. The van der Waals surface area contributed by atoms with Crippen LogP contribution < -0.4 is 9.61 Å². The van der Waals surface area contributed by atoms with E-state index in [1.54, 1.807) is 0 Å². The number of benzene rings is 1. The summed E-state index contributed by atoms with van der Waals surface area (Å²) in [5.74, 6) is 0.774. The van der Waals surface area contributed by atoms with Crippen LogP contribution in [0.2, 0.25) is 0 Å². The second kappa shape index (κ2) is 8.67. The molecule has 136 valence electrons. The first-order valence-corrected chi connectivity index (χ1v) is 9.52. The lowest BCUT2D eigenvalue weighted by Crippen LogP contribution is -2.01. The van der Waals surface area contributed by atoms with Crippen molar-refractivity contribution < 1.29 is 9.84 Å². The third kappa shape index (κ3) is 4.95. The standard InChI is InChI=1S/C20H22N2O3S/c1-2-14-5-8-16(21-13-14)4-3-11-25-17-9-6-15(7-10-17)12-18-19(23)22-20(24)26-18/h5-10,13,23H,2-4,11-12H2,1H3,(H,22,24). The largest absolute Gasteiger partial charge is 0.494 e. The Morgan fingerprint density at radius 2 is 1.92 bits per heavy atom. The van der Waals surface area contributed by atoms with Gasteiger partial charge in [0, 0.05) is 18.3 Å². The summed E-state index contributed by atoms with van der Waals surface area (Å²) >= 11 is 1.03. The maximum absolute atomic E-state index is 11.2. The van der Waals surface area contributed by atoms with Crippen LogP contribution in [0.1, 0.15) is 35.0 Å². The average molecular weight is 370 g/mol. The highest BCUT2D eigenvalue weighted by molar-refractivity contribution is 7.09. The predicted molar refractivity (Wildman–Crippen MR) is 103 cm³/mol. The van der Waals surface area contributed by atoms with Crippen LogP contribution >= 0.6 is 11.3 Å². The summed E-state index contributed by atoms with van der Waals surface area (Å²) in [4.78, 5) is 18.5. The molecule has 0 saturated carbocycles. The Balaban J connectivity index is 1.45. The van der Waals surface area contributed by atoms with Gasteiger partial charge in [-0.3, -0.25) is 14.8 Å². The second-order valence-electron chi connectivity index (χ2n) is 6.07. The van der Waals surface area contributed by atoms with Crippen molar-refractivity contribution in [3.8, 4) is 11.6 Å². The lowest BCUT2D eigenvalue weighted by Gasteiger charge is -2.07. The summed E-state index contributed by atoms with van der Waals surface area (Å²) in [6.45, 7) is 2.76. The molecule has 2 aromatic heterocycles. The molecule has 2 heterocycles. The maximum atomic E-state index is 11.2. The number of thiazole rings is 1. The van der Waals surface area contributed by atoms with E-state index < -0.39 is 0 Å². The van der Waals surface area contributed by atoms with Crippen molar-refractivity contribution in [2.45, 2.75) is 32.6 Å². The number of aromatic nitrogens is 2. The fraction of sp³-hybridized carbons (Fsp3) is 0.300. The Kier molecular flexibility index (Phi) is 6.07. The van der Waals surface area contributed by atoms with E-state index in [4.69, 9.17) is 4.74 Å². The number of hydrogen-bond donors (Lipinski definition) is 2. The summed E-state index contributed by atoms with van der Waals surface area (Å²) in [6.07, 6.45) is 5.27. The molecule has 0 unspecified atom stereocenters. The fourth-order valence-corrected chi connectivity index (χ4v) is 3.37. The Hall–Kier alpha value is -2.60. The van der Waals surface area contributed by atoms with Crippen molar-refractivity contribution in [1.82, 2.24) is 9.97 Å². The zero-order chi connectivity index (χ0) is 18.4. The van der Waals surface area contributed by atoms with Crippen molar-refractivity contribution in [3.05, 3.63) is 74.0 Å². The molecule has 3 rings (SSSR count). The Morgan fingerprint density at radius 3 is 2.54 bits per heavy atom. The van der Waals surface area contributed by atoms with E-state index in [1.165, 1.54) is 5.56 Å². The highest BCUT2D eigenvalue weighted by atomic mass is 32.1. The SMILES string of the molecule is CCc1ccc(CCCOc2ccc(Cc3sc(=O)[nH]c3O)cc2)nc1. The number of aryl methyl sites for hydroxylation is 2. The fourth-order valence-electron chi connectivity index (χ4n) is 2.62. The first-order chi connectivity index (χ1) is 12.6. The summed E-state index contributed by atoms with van der Waals surface area (Å²) in [5, 5.41) is 9.64. The van der Waals surface area contributed by atoms with Crippen LogP contribution in [-0.2, 0) is 19.3 Å². The zero-order valence-electron chi connectivity index (χ0n) is 14.7. The number of rotatable bonds is 8. The quantitative estimate of drug-likeness (QED) is 0.593. The molecule has 0 aliphatic heterocycles. The molecule has 6 heteroatoms. The molecule has 0 bridgehead atoms. The first kappa shape index (κ1) is 18.2. The number of aromatic amines is 1. The van der Waals surface area contributed by atoms with E-state index in [0.29, 0.717) is 17.9 Å². The molecule has 0 atom stereocenters. The topological polar surface area (TPSA) is 75.2 Å². The van der Waals surface area contributed by atoms with Crippen LogP contribution in [0.3, 0.4) is 0 Å². The first-order valence-electron chi connectivity index (χ1n) is 8.70. The number of nitrogens with one attached hydrogen (secondary N) is 1. The highest BCUT2D eigenvalue weighted by Gasteiger charge is 2.07. The summed E-state index contributed by atoms with van der Waals surface area (Å²) in [5.41, 5.74) is 3.36. The van der Waals surface area contributed by atoms with Crippen molar-refractivity contribution in [2.75, 3.05) is 6.61 Å². The van der Waals surface area contributed by atoms with Gasteiger partial charge >= 0.3 is 4.87 Å². The minimum absolute atomic E-state index is 0.0408. The molecule has 26 heavy (non-hydrogen) atoms. The van der Waals surface area contributed by atoms with Crippen LogP contribution in [-0.4, -0.2) is 21.7 Å². The monoisotopic (exact) mass is 370 g/mol. The predicted octanol–water partition coefficient (Wildman–Crippen LogP) is 3.70. The molecule has 5 nitrogen and oxygen atoms in total. The van der Waals surface area contributed by atoms with Gasteiger partial charge in [-0.25, -0.2) is 0 Å². The van der Waals surface area contributed by atoms with Crippen molar-refractivity contribution >= 4 is 11.3 Å². The minimum Gasteiger partial charge on any atom is -0.494 e. The van der Waals surface area contributed by atoms with Crippen molar-refractivity contribution in [3.63, 3.8) is 0 Å². The van der Waals surface area contributed by atoms with Crippen LogP contribution in [0.5, 0.6) is 11.6 Å². The van der Waals surface area contributed by atoms with Crippen LogP contribution in [0.4, 0.5) is 0 Å². The van der Waals surface area contributed by atoms with Gasteiger partial charge in [0.1, 0.15) is 5.75 Å². The van der Waals surface area contributed by atoms with Crippen molar-refractivity contribution in [2.24, 2.45) is 0 Å². The average Bonchev–Trinajstić information content (AvgIpc) is 2.97. The molecule has 0 radical (unpaired) electrons. The van der Waals surface area contributed by atoms with Crippen molar-refractivity contribution in [1.29, 1.82) is 0 Å². The molecule has 0 aliphatic rings. The zero-order valence-corrected chi connectivity index (χ0v) is 15.5. The second-order valence-corrected chi connectivity index (χ2v) is 7.14. The lowest BCUT2D eigenvalue weighted by molar-refractivity contribution is 0.310. The normalized spacial score (nSPS) is 10.8. The molecule has 3 aromatic rings. The molecule has 0 fully saturated rings. The number of H-pyrrole nitrogens is 1. The van der Waals surface area contributed by atoms with E-state index in [2.05, 4.69) is 29.0 Å². The van der Waals surface area contributed by atoms with E-state index in [9.17, 15) is 9.90 Å². The van der Waals surface area contributed by atoms with E-state index in [-0.39, 0.29) is 10.8 Å². The van der Waals surface area contributed by atoms with Gasteiger partial charge in [0.05, 0.1) is 11.5 Å². The van der Waals surface area contributed by atoms with Gasteiger partial charge in [0.25, 0.3) is 0 Å². The molecule has 0 amide bonds. The molecule has 0 spiro atoms. The third-order valence-corrected chi connectivity index (χ3v) is 5.00. The minimum atomic E-state index is -0.240. The van der Waals surface area contributed by atoms with Crippen LogP contribution in [0.25, 0.3) is 0 Å². The third-order valence-electron chi connectivity index (χ3n) is 4.13. The highest BCUT2D eigenvalue weighted by Crippen LogP contribution is 2.21. The van der Waals surface area contributed by atoms with E-state index in [1.807, 2.05) is 30.5 Å². The molecule has 0 aliphatic carbocycles. The summed E-state index contributed by atoms with van der Waals surface area (Å²) in [7, 11) is 0. The van der Waals surface area contributed by atoms with Gasteiger partial charge in [0.15, 0.2) is 0 Å². The molecule has 0 saturated heterocycles. The molecule has 1 aromatic carbocycles. The van der Waals surface area contributed by atoms with Gasteiger partial charge in [-0.05, 0) is 48.6 Å². The van der Waals surface area contributed by atoms with Gasteiger partial charge < -0.3 is 9.84 Å². The Bertz CT molecular complexity index is 883. The number of nitrogens with zero attached hydrogens (tertiary/aromatic N) is 1. The van der Waals surface area contributed by atoms with E-state index in [0.717, 1.165) is 47.6 Å². The Labute approximate surface area is 156 Å².